The summed E-state index contributed by atoms with van der Waals surface area (Å²) < 4.78 is 4.38. The van der Waals surface area contributed by atoms with Crippen molar-refractivity contribution in [1.29, 1.82) is 0 Å². The fraction of sp³-hybridized carbons (Fsp3) is 0.471. The number of rotatable bonds is 4. The van der Waals surface area contributed by atoms with Crippen LogP contribution in [0.1, 0.15) is 19.4 Å². The number of hydrogen-bond donors (Lipinski definition) is 1. The molecular formula is C17H20N2O4S. The Hall–Kier alpha value is -2.02. The first kappa shape index (κ1) is 16.8. The molecule has 0 aromatic heterocycles. The molecule has 0 saturated carbocycles. The first-order chi connectivity index (χ1) is 11.3. The summed E-state index contributed by atoms with van der Waals surface area (Å²) in [7, 11) is 1.32. The van der Waals surface area contributed by atoms with E-state index < -0.39 is 22.8 Å². The number of ether oxygens (including phenoxy) is 1. The van der Waals surface area contributed by atoms with E-state index in [1.807, 2.05) is 44.2 Å². The lowest BCUT2D eigenvalue weighted by Crippen LogP contribution is -2.70. The molecule has 7 heteroatoms. The monoisotopic (exact) mass is 348 g/mol. The summed E-state index contributed by atoms with van der Waals surface area (Å²) in [5, 5.41) is 2.57. The van der Waals surface area contributed by atoms with Gasteiger partial charge >= 0.3 is 5.97 Å². The van der Waals surface area contributed by atoms with Crippen LogP contribution in [0.15, 0.2) is 30.3 Å². The molecular weight excluding hydrogens is 328 g/mol. The lowest BCUT2D eigenvalue weighted by atomic mass is 9.96. The zero-order valence-corrected chi connectivity index (χ0v) is 14.6. The fourth-order valence-electron chi connectivity index (χ4n) is 3.24. The topological polar surface area (TPSA) is 75.7 Å². The second-order valence-electron chi connectivity index (χ2n) is 6.49. The highest BCUT2D eigenvalue weighted by molar-refractivity contribution is 8.01. The number of nitrogens with one attached hydrogen (secondary N) is 1. The molecule has 3 atom stereocenters. The normalized spacial score (nSPS) is 27.2. The number of carbonyl (C=O) groups is 3. The molecule has 0 bridgehead atoms. The third-order valence-corrected chi connectivity index (χ3v) is 5.96. The van der Waals surface area contributed by atoms with Crippen molar-refractivity contribution in [3.63, 3.8) is 0 Å². The van der Waals surface area contributed by atoms with Crippen molar-refractivity contribution in [3.8, 4) is 0 Å². The molecule has 2 saturated heterocycles. The summed E-state index contributed by atoms with van der Waals surface area (Å²) in [5.74, 6) is -0.841. The van der Waals surface area contributed by atoms with Gasteiger partial charge in [-0.25, -0.2) is 4.79 Å². The van der Waals surface area contributed by atoms with Crippen molar-refractivity contribution in [2.24, 2.45) is 0 Å². The molecule has 0 aliphatic carbocycles. The summed E-state index contributed by atoms with van der Waals surface area (Å²) in [6.45, 7) is 3.82. The van der Waals surface area contributed by atoms with Crippen molar-refractivity contribution in [2.45, 2.75) is 42.5 Å². The number of hydrogen-bond acceptors (Lipinski definition) is 5. The molecule has 2 heterocycles. The van der Waals surface area contributed by atoms with Gasteiger partial charge in [-0.15, -0.1) is 11.8 Å². The van der Waals surface area contributed by atoms with Crippen LogP contribution in [-0.2, 0) is 25.5 Å². The van der Waals surface area contributed by atoms with Gasteiger partial charge in [-0.3, -0.25) is 9.59 Å². The first-order valence-corrected chi connectivity index (χ1v) is 8.64. The lowest BCUT2D eigenvalue weighted by Gasteiger charge is -2.43. The number of carbonyl (C=O) groups excluding carboxylic acids is 3. The minimum atomic E-state index is -0.618. The molecule has 2 fully saturated rings. The Balaban J connectivity index is 1.67. The average Bonchev–Trinajstić information content (AvgIpc) is 2.81. The minimum Gasteiger partial charge on any atom is -0.467 e. The van der Waals surface area contributed by atoms with Crippen LogP contribution in [0.25, 0.3) is 0 Å². The Kier molecular flexibility index (Phi) is 4.29. The van der Waals surface area contributed by atoms with Gasteiger partial charge in [-0.05, 0) is 19.4 Å². The van der Waals surface area contributed by atoms with Gasteiger partial charge in [0.15, 0.2) is 0 Å². The maximum absolute atomic E-state index is 12.4. The standard InChI is InChI=1S/C17H20N2O4S/c1-17(2)13(16(22)23-3)19-14(21)12(15(19)24-17)18-11(20)9-10-7-5-4-6-8-10/h4-8,12-13,15H,9H2,1-3H3,(H,18,20)/t12-,13+,15?/m1/s1. The zero-order valence-electron chi connectivity index (χ0n) is 13.8. The highest BCUT2D eigenvalue weighted by Crippen LogP contribution is 2.50. The molecule has 2 aliphatic heterocycles. The van der Waals surface area contributed by atoms with Gasteiger partial charge in [0.05, 0.1) is 13.5 Å². The van der Waals surface area contributed by atoms with E-state index in [1.54, 1.807) is 0 Å². The number of amides is 2. The van der Waals surface area contributed by atoms with Crippen molar-refractivity contribution >= 4 is 29.5 Å². The maximum atomic E-state index is 12.4. The van der Waals surface area contributed by atoms with Crippen molar-refractivity contribution in [1.82, 2.24) is 10.2 Å². The quantitative estimate of drug-likeness (QED) is 0.648. The molecule has 1 unspecified atom stereocenters. The van der Waals surface area contributed by atoms with E-state index in [1.165, 1.54) is 23.8 Å². The summed E-state index contributed by atoms with van der Waals surface area (Å²) in [6, 6.07) is 8.17. The van der Waals surface area contributed by atoms with Gasteiger partial charge in [-0.1, -0.05) is 30.3 Å². The Labute approximate surface area is 144 Å². The van der Waals surface area contributed by atoms with E-state index in [-0.39, 0.29) is 23.6 Å². The fourth-order valence-corrected chi connectivity index (χ4v) is 4.86. The van der Waals surface area contributed by atoms with Gasteiger partial charge in [0.2, 0.25) is 11.8 Å². The molecule has 0 spiro atoms. The van der Waals surface area contributed by atoms with Gasteiger partial charge in [0.25, 0.3) is 0 Å². The van der Waals surface area contributed by atoms with Gasteiger partial charge in [0.1, 0.15) is 17.5 Å². The molecule has 2 aliphatic rings. The Morgan fingerprint density at radius 2 is 1.96 bits per heavy atom. The molecule has 2 amide bonds. The number of benzene rings is 1. The van der Waals surface area contributed by atoms with E-state index in [9.17, 15) is 14.4 Å². The van der Waals surface area contributed by atoms with Crippen molar-refractivity contribution in [2.75, 3.05) is 7.11 Å². The van der Waals surface area contributed by atoms with Crippen LogP contribution in [0, 0.1) is 0 Å². The Bertz CT molecular complexity index is 676. The highest BCUT2D eigenvalue weighted by Gasteiger charge is 2.64. The number of thioether (sulfide) groups is 1. The third kappa shape index (κ3) is 2.77. The SMILES string of the molecule is COC(=O)[C@@H]1N2C(=O)[C@@H](NC(=O)Cc3ccccc3)C2SC1(C)C. The lowest BCUT2D eigenvalue weighted by molar-refractivity contribution is -0.162. The average molecular weight is 348 g/mol. The molecule has 3 rings (SSSR count). The molecule has 6 nitrogen and oxygen atoms in total. The van der Waals surface area contributed by atoms with Gasteiger partial charge in [-0.2, -0.15) is 0 Å². The summed E-state index contributed by atoms with van der Waals surface area (Å²) >= 11 is 1.52. The van der Waals surface area contributed by atoms with E-state index in [0.29, 0.717) is 0 Å². The van der Waals surface area contributed by atoms with Crippen LogP contribution in [-0.4, -0.2) is 52.0 Å². The van der Waals surface area contributed by atoms with Crippen LogP contribution in [0.5, 0.6) is 0 Å². The van der Waals surface area contributed by atoms with Crippen molar-refractivity contribution < 1.29 is 19.1 Å². The number of esters is 1. The second kappa shape index (κ2) is 6.12. The maximum Gasteiger partial charge on any atom is 0.330 e. The van der Waals surface area contributed by atoms with E-state index in [0.717, 1.165) is 5.56 Å². The largest absolute Gasteiger partial charge is 0.467 e. The molecule has 0 radical (unpaired) electrons. The number of methoxy groups -OCH3 is 1. The van der Waals surface area contributed by atoms with Crippen LogP contribution in [0.4, 0.5) is 0 Å². The number of fused-ring (bicyclic) bond motifs is 1. The van der Waals surface area contributed by atoms with E-state index in [2.05, 4.69) is 5.32 Å². The van der Waals surface area contributed by atoms with Crippen molar-refractivity contribution in [3.05, 3.63) is 35.9 Å². The highest BCUT2D eigenvalue weighted by atomic mass is 32.2. The zero-order chi connectivity index (χ0) is 17.5. The predicted octanol–water partition coefficient (Wildman–Crippen LogP) is 0.949. The second-order valence-corrected chi connectivity index (χ2v) is 8.26. The predicted molar refractivity (Wildman–Crippen MR) is 90.2 cm³/mol. The number of nitrogens with zero attached hydrogens (tertiary/aromatic N) is 1. The molecule has 1 N–H and O–H groups in total. The summed E-state index contributed by atoms with van der Waals surface area (Å²) in [4.78, 5) is 38.2. The van der Waals surface area contributed by atoms with Gasteiger partial charge < -0.3 is 15.0 Å². The minimum absolute atomic E-state index is 0.195. The van der Waals surface area contributed by atoms with E-state index in [4.69, 9.17) is 4.74 Å². The summed E-state index contributed by atoms with van der Waals surface area (Å²) in [6.07, 6.45) is 0.228. The Morgan fingerprint density at radius 1 is 1.29 bits per heavy atom. The van der Waals surface area contributed by atoms with Crippen LogP contribution in [0.2, 0.25) is 0 Å². The van der Waals surface area contributed by atoms with E-state index >= 15 is 0 Å². The molecule has 128 valence electrons. The van der Waals surface area contributed by atoms with Gasteiger partial charge in [0, 0.05) is 4.75 Å². The smallest absolute Gasteiger partial charge is 0.330 e. The molecule has 24 heavy (non-hydrogen) atoms. The first-order valence-electron chi connectivity index (χ1n) is 7.76. The molecule has 1 aromatic rings. The number of β-lactam (4-membered cyclic amide) rings is 1. The third-order valence-electron chi connectivity index (χ3n) is 4.39. The summed E-state index contributed by atoms with van der Waals surface area (Å²) in [5.41, 5.74) is 0.894. The Morgan fingerprint density at radius 3 is 2.58 bits per heavy atom. The van der Waals surface area contributed by atoms with Crippen LogP contribution < -0.4 is 5.32 Å². The van der Waals surface area contributed by atoms with Crippen LogP contribution in [0.3, 0.4) is 0 Å². The van der Waals surface area contributed by atoms with Crippen LogP contribution >= 0.6 is 11.8 Å². The molecule has 1 aromatic carbocycles.